The summed E-state index contributed by atoms with van der Waals surface area (Å²) in [5.74, 6) is -0.522. The van der Waals surface area contributed by atoms with E-state index in [1.165, 1.54) is 70.3 Å². The van der Waals surface area contributed by atoms with Crippen LogP contribution in [0, 0.1) is 5.82 Å². The average molecular weight is 533 g/mol. The minimum atomic E-state index is -0.587. The van der Waals surface area contributed by atoms with Crippen LogP contribution in [-0.4, -0.2) is 15.9 Å². The van der Waals surface area contributed by atoms with Gasteiger partial charge in [0.1, 0.15) is 0 Å². The summed E-state index contributed by atoms with van der Waals surface area (Å²) in [6.07, 6.45) is 21.8. The number of hydrogen-bond donors (Lipinski definition) is 0. The van der Waals surface area contributed by atoms with Gasteiger partial charge >= 0.3 is 5.97 Å². The van der Waals surface area contributed by atoms with Crippen molar-refractivity contribution in [2.24, 2.45) is 0 Å². The largest absolute Gasteiger partial charge is 0.420 e. The van der Waals surface area contributed by atoms with Gasteiger partial charge in [0.15, 0.2) is 17.4 Å². The van der Waals surface area contributed by atoms with Crippen molar-refractivity contribution in [3.05, 3.63) is 77.4 Å². The maximum Gasteiger partial charge on any atom is 0.343 e. The first-order valence-electron chi connectivity index (χ1n) is 15.0. The number of ether oxygens (including phenoxy) is 1. The molecule has 0 saturated heterocycles. The summed E-state index contributed by atoms with van der Waals surface area (Å²) in [6.45, 7) is 4.45. The van der Waals surface area contributed by atoms with Gasteiger partial charge in [-0.25, -0.2) is 19.2 Å². The molecule has 4 nitrogen and oxygen atoms in total. The second-order valence-corrected chi connectivity index (χ2v) is 10.5. The summed E-state index contributed by atoms with van der Waals surface area (Å²) in [6, 6.07) is 11.8. The molecule has 0 saturated carbocycles. The van der Waals surface area contributed by atoms with Crippen molar-refractivity contribution in [2.45, 2.75) is 110 Å². The fraction of sp³-hybridized carbons (Fsp3) is 0.500. The first kappa shape index (κ1) is 30.5. The molecule has 0 N–H and O–H groups in total. The van der Waals surface area contributed by atoms with E-state index in [1.54, 1.807) is 30.3 Å². The van der Waals surface area contributed by atoms with E-state index in [0.717, 1.165) is 48.8 Å². The molecule has 2 aromatic carbocycles. The van der Waals surface area contributed by atoms with Crippen LogP contribution in [0.15, 0.2) is 54.9 Å². The Balaban J connectivity index is 1.44. The monoisotopic (exact) mass is 532 g/mol. The number of hydrogen-bond acceptors (Lipinski definition) is 4. The Morgan fingerprint density at radius 1 is 0.692 bits per heavy atom. The van der Waals surface area contributed by atoms with Gasteiger partial charge in [-0.3, -0.25) is 0 Å². The second-order valence-electron chi connectivity index (χ2n) is 10.5. The highest BCUT2D eigenvalue weighted by molar-refractivity contribution is 5.91. The summed E-state index contributed by atoms with van der Waals surface area (Å²) < 4.78 is 20.0. The summed E-state index contributed by atoms with van der Waals surface area (Å²) in [7, 11) is 0. The number of unbranched alkanes of at least 4 members (excludes halogenated alkanes) is 11. The van der Waals surface area contributed by atoms with Crippen molar-refractivity contribution in [3.8, 4) is 17.1 Å². The highest BCUT2D eigenvalue weighted by Gasteiger charge is 2.13. The summed E-state index contributed by atoms with van der Waals surface area (Å²) in [4.78, 5) is 21.6. The minimum absolute atomic E-state index is 0.0441. The lowest BCUT2D eigenvalue weighted by atomic mass is 10.0. The lowest BCUT2D eigenvalue weighted by molar-refractivity contribution is 0.0728. The first-order valence-corrected chi connectivity index (χ1v) is 15.0. The molecular formula is C34H45FN2O2. The van der Waals surface area contributed by atoms with Crippen molar-refractivity contribution in [1.82, 2.24) is 9.97 Å². The van der Waals surface area contributed by atoms with Crippen LogP contribution in [0.25, 0.3) is 11.4 Å². The molecule has 0 atom stereocenters. The Labute approximate surface area is 234 Å². The molecule has 1 heterocycles. The van der Waals surface area contributed by atoms with Gasteiger partial charge in [0.25, 0.3) is 0 Å². The van der Waals surface area contributed by atoms with E-state index in [-0.39, 0.29) is 5.75 Å². The molecular weight excluding hydrogens is 487 g/mol. The molecule has 1 aromatic heterocycles. The molecule has 3 rings (SSSR count). The molecule has 39 heavy (non-hydrogen) atoms. The van der Waals surface area contributed by atoms with E-state index in [2.05, 4.69) is 23.8 Å². The van der Waals surface area contributed by atoms with Crippen LogP contribution in [0.1, 0.15) is 119 Å². The number of benzene rings is 2. The number of carbonyl (C=O) groups excluding carboxylic acids is 1. The van der Waals surface area contributed by atoms with Crippen LogP contribution in [-0.2, 0) is 12.8 Å². The molecule has 5 heteroatoms. The predicted molar refractivity (Wildman–Crippen MR) is 158 cm³/mol. The lowest BCUT2D eigenvalue weighted by Crippen LogP contribution is -2.09. The molecule has 0 fully saturated rings. The summed E-state index contributed by atoms with van der Waals surface area (Å²) in [5, 5.41) is 0. The third-order valence-electron chi connectivity index (χ3n) is 7.17. The van der Waals surface area contributed by atoms with Gasteiger partial charge in [0, 0.05) is 18.0 Å². The number of esters is 1. The third-order valence-corrected chi connectivity index (χ3v) is 7.17. The van der Waals surface area contributed by atoms with Crippen LogP contribution < -0.4 is 4.74 Å². The van der Waals surface area contributed by atoms with E-state index in [4.69, 9.17) is 4.74 Å². The van der Waals surface area contributed by atoms with Gasteiger partial charge in [0.2, 0.25) is 0 Å². The number of rotatable bonds is 18. The average Bonchev–Trinajstić information content (AvgIpc) is 2.96. The van der Waals surface area contributed by atoms with Gasteiger partial charge in [-0.15, -0.1) is 0 Å². The Morgan fingerprint density at radius 2 is 1.23 bits per heavy atom. The maximum atomic E-state index is 14.6. The topological polar surface area (TPSA) is 52.1 Å². The molecule has 0 unspecified atom stereocenters. The van der Waals surface area contributed by atoms with Crippen molar-refractivity contribution >= 4 is 5.97 Å². The van der Waals surface area contributed by atoms with Crippen LogP contribution in [0.5, 0.6) is 5.75 Å². The molecule has 0 aliphatic carbocycles. The minimum Gasteiger partial charge on any atom is -0.420 e. The Bertz CT molecular complexity index is 1110. The van der Waals surface area contributed by atoms with Crippen LogP contribution in [0.3, 0.4) is 0 Å². The number of aryl methyl sites for hydroxylation is 2. The van der Waals surface area contributed by atoms with Gasteiger partial charge in [-0.2, -0.15) is 0 Å². The maximum absolute atomic E-state index is 14.6. The molecule has 3 aromatic rings. The van der Waals surface area contributed by atoms with E-state index < -0.39 is 11.8 Å². The molecule has 210 valence electrons. The second kappa shape index (κ2) is 17.5. The SMILES string of the molecule is CCCCCCCCCCc1ccc(OC(=O)c2ccc(-c3ncc(CCCCCCC)cn3)cc2)c(F)c1. The van der Waals surface area contributed by atoms with Crippen LogP contribution >= 0.6 is 0 Å². The van der Waals surface area contributed by atoms with E-state index in [1.807, 2.05) is 18.5 Å². The molecule has 0 amide bonds. The zero-order chi connectivity index (χ0) is 27.7. The Morgan fingerprint density at radius 3 is 1.79 bits per heavy atom. The zero-order valence-electron chi connectivity index (χ0n) is 23.9. The highest BCUT2D eigenvalue weighted by atomic mass is 19.1. The molecule has 0 aliphatic rings. The molecule has 0 spiro atoms. The molecule has 0 aliphatic heterocycles. The Kier molecular flexibility index (Phi) is 13.7. The Hall–Kier alpha value is -3.08. The number of halogens is 1. The number of carbonyl (C=O) groups is 1. The van der Waals surface area contributed by atoms with E-state index >= 15 is 0 Å². The van der Waals surface area contributed by atoms with Gasteiger partial charge in [-0.05, 0) is 61.1 Å². The van der Waals surface area contributed by atoms with Crippen LogP contribution in [0.4, 0.5) is 4.39 Å². The van der Waals surface area contributed by atoms with Gasteiger partial charge in [0.05, 0.1) is 5.56 Å². The lowest BCUT2D eigenvalue weighted by Gasteiger charge is -2.08. The number of aromatic nitrogens is 2. The molecule has 0 bridgehead atoms. The number of nitrogens with zero attached hydrogens (tertiary/aromatic N) is 2. The van der Waals surface area contributed by atoms with Crippen LogP contribution in [0.2, 0.25) is 0 Å². The highest BCUT2D eigenvalue weighted by Crippen LogP contribution is 2.22. The molecule has 0 radical (unpaired) electrons. The van der Waals surface area contributed by atoms with Crippen molar-refractivity contribution in [2.75, 3.05) is 0 Å². The van der Waals surface area contributed by atoms with E-state index in [9.17, 15) is 9.18 Å². The fourth-order valence-electron chi connectivity index (χ4n) is 4.73. The summed E-state index contributed by atoms with van der Waals surface area (Å²) >= 11 is 0. The first-order chi connectivity index (χ1) is 19.1. The smallest absolute Gasteiger partial charge is 0.343 e. The fourth-order valence-corrected chi connectivity index (χ4v) is 4.73. The predicted octanol–water partition coefficient (Wildman–Crippen LogP) is 9.70. The van der Waals surface area contributed by atoms with Crippen molar-refractivity contribution in [3.63, 3.8) is 0 Å². The zero-order valence-corrected chi connectivity index (χ0v) is 23.9. The quantitative estimate of drug-likeness (QED) is 0.0929. The van der Waals surface area contributed by atoms with Crippen molar-refractivity contribution in [1.29, 1.82) is 0 Å². The normalized spacial score (nSPS) is 11.1. The van der Waals surface area contributed by atoms with Gasteiger partial charge < -0.3 is 4.74 Å². The van der Waals surface area contributed by atoms with E-state index in [0.29, 0.717) is 11.4 Å². The summed E-state index contributed by atoms with van der Waals surface area (Å²) in [5.41, 5.74) is 3.24. The van der Waals surface area contributed by atoms with Crippen molar-refractivity contribution < 1.29 is 13.9 Å². The van der Waals surface area contributed by atoms with Gasteiger partial charge in [-0.1, -0.05) is 103 Å². The third kappa shape index (κ3) is 10.9. The standard InChI is InChI=1S/C34H45FN2O2/c1-3-5-7-9-10-11-13-14-16-27-18-23-32(31(35)24-27)39-34(38)30-21-19-29(20-22-30)33-36-25-28(26-37-33)17-15-12-8-6-4-2/h18-26H,3-17H2,1-2H3.